The number of furan rings is 1. The summed E-state index contributed by atoms with van der Waals surface area (Å²) in [5.74, 6) is 0.0964. The van der Waals surface area contributed by atoms with Gasteiger partial charge in [0.05, 0.1) is 13.4 Å². The van der Waals surface area contributed by atoms with Gasteiger partial charge in [-0.2, -0.15) is 0 Å². The third-order valence-corrected chi connectivity index (χ3v) is 3.38. The molecule has 0 radical (unpaired) electrons. The number of rotatable bonds is 7. The minimum Gasteiger partial charge on any atom is -0.508 e. The van der Waals surface area contributed by atoms with Crippen LogP contribution in [0.1, 0.15) is 17.7 Å². The van der Waals surface area contributed by atoms with Crippen molar-refractivity contribution >= 4 is 11.9 Å². The molecule has 1 aromatic heterocycles. The molecule has 0 aliphatic carbocycles. The molecule has 0 aliphatic heterocycles. The minimum atomic E-state index is -0.770. The molecular formula is C17H19NO5. The zero-order chi connectivity index (χ0) is 16.7. The number of amides is 1. The normalized spacial score (nSPS) is 11.7. The minimum absolute atomic E-state index is 0.144. The highest BCUT2D eigenvalue weighted by Crippen LogP contribution is 2.12. The second-order valence-electron chi connectivity index (χ2n) is 5.09. The highest BCUT2D eigenvalue weighted by atomic mass is 16.5. The zero-order valence-corrected chi connectivity index (χ0v) is 12.8. The average Bonchev–Trinajstić information content (AvgIpc) is 3.07. The van der Waals surface area contributed by atoms with Crippen LogP contribution in [0.2, 0.25) is 0 Å². The van der Waals surface area contributed by atoms with Crippen molar-refractivity contribution in [2.24, 2.45) is 0 Å². The fourth-order valence-corrected chi connectivity index (χ4v) is 2.16. The molecular weight excluding hydrogens is 298 g/mol. The van der Waals surface area contributed by atoms with Gasteiger partial charge in [0.25, 0.3) is 0 Å². The quantitative estimate of drug-likeness (QED) is 0.760. The summed E-state index contributed by atoms with van der Waals surface area (Å²) in [4.78, 5) is 23.9. The Kier molecular flexibility index (Phi) is 5.80. The number of phenols is 1. The molecule has 0 spiro atoms. The van der Waals surface area contributed by atoms with Gasteiger partial charge >= 0.3 is 5.97 Å². The summed E-state index contributed by atoms with van der Waals surface area (Å²) < 4.78 is 9.91. The van der Waals surface area contributed by atoms with Gasteiger partial charge in [0.15, 0.2) is 0 Å². The Labute approximate surface area is 134 Å². The standard InChI is InChI=1S/C17H19NO5/c1-22-17(21)15(11-12-4-6-13(19)7-5-12)18-16(20)9-8-14-3-2-10-23-14/h2-7,10,15,19H,8-9,11H2,1H3,(H,18,20)/t15-/m1/s1. The molecule has 2 rings (SSSR count). The molecule has 1 amide bonds. The molecule has 1 atom stereocenters. The van der Waals surface area contributed by atoms with E-state index in [-0.39, 0.29) is 18.1 Å². The number of ether oxygens (including phenoxy) is 1. The predicted molar refractivity (Wildman–Crippen MR) is 82.8 cm³/mol. The lowest BCUT2D eigenvalue weighted by molar-refractivity contribution is -0.145. The van der Waals surface area contributed by atoms with Crippen molar-refractivity contribution in [2.45, 2.75) is 25.3 Å². The third kappa shape index (κ3) is 5.18. The summed E-state index contributed by atoms with van der Waals surface area (Å²) in [5, 5.41) is 12.0. The molecule has 2 N–H and O–H groups in total. The van der Waals surface area contributed by atoms with E-state index in [2.05, 4.69) is 5.32 Å². The van der Waals surface area contributed by atoms with Crippen LogP contribution >= 0.6 is 0 Å². The molecule has 122 valence electrons. The van der Waals surface area contributed by atoms with Gasteiger partial charge in [-0.25, -0.2) is 4.79 Å². The smallest absolute Gasteiger partial charge is 0.328 e. The monoisotopic (exact) mass is 317 g/mol. The van der Waals surface area contributed by atoms with E-state index in [1.54, 1.807) is 30.5 Å². The number of phenolic OH excluding ortho intramolecular Hbond substituents is 1. The maximum absolute atomic E-state index is 12.0. The second kappa shape index (κ2) is 8.03. The van der Waals surface area contributed by atoms with Gasteiger partial charge in [-0.15, -0.1) is 0 Å². The van der Waals surface area contributed by atoms with Crippen molar-refractivity contribution in [1.82, 2.24) is 5.32 Å². The van der Waals surface area contributed by atoms with Crippen molar-refractivity contribution in [3.8, 4) is 5.75 Å². The third-order valence-electron chi connectivity index (χ3n) is 3.38. The zero-order valence-electron chi connectivity index (χ0n) is 12.8. The summed E-state index contributed by atoms with van der Waals surface area (Å²) in [6.45, 7) is 0. The van der Waals surface area contributed by atoms with Crippen LogP contribution in [0.4, 0.5) is 0 Å². The Bertz CT molecular complexity index is 634. The maximum atomic E-state index is 12.0. The molecule has 0 bridgehead atoms. The number of carbonyl (C=O) groups is 2. The number of hydrogen-bond acceptors (Lipinski definition) is 5. The number of aromatic hydroxyl groups is 1. The van der Waals surface area contributed by atoms with Crippen molar-refractivity contribution in [1.29, 1.82) is 0 Å². The molecule has 1 aromatic carbocycles. The van der Waals surface area contributed by atoms with Gasteiger partial charge in [-0.3, -0.25) is 4.79 Å². The van der Waals surface area contributed by atoms with Gasteiger partial charge in [-0.05, 0) is 29.8 Å². The Balaban J connectivity index is 1.93. The fraction of sp³-hybridized carbons (Fsp3) is 0.294. The number of carbonyl (C=O) groups excluding carboxylic acids is 2. The Morgan fingerprint density at radius 2 is 2.00 bits per heavy atom. The summed E-state index contributed by atoms with van der Waals surface area (Å²) in [6.07, 6.45) is 2.53. The van der Waals surface area contributed by atoms with Crippen LogP contribution in [0.5, 0.6) is 5.75 Å². The molecule has 6 heteroatoms. The van der Waals surface area contributed by atoms with Gasteiger partial charge in [0.1, 0.15) is 17.6 Å². The Hall–Kier alpha value is -2.76. The van der Waals surface area contributed by atoms with Crippen molar-refractivity contribution in [3.05, 3.63) is 54.0 Å². The van der Waals surface area contributed by atoms with E-state index in [0.29, 0.717) is 18.6 Å². The van der Waals surface area contributed by atoms with Crippen LogP contribution in [0.25, 0.3) is 0 Å². The molecule has 23 heavy (non-hydrogen) atoms. The number of nitrogens with one attached hydrogen (secondary N) is 1. The SMILES string of the molecule is COC(=O)[C@@H](Cc1ccc(O)cc1)NC(=O)CCc1ccco1. The van der Waals surface area contributed by atoms with Crippen LogP contribution in [0.15, 0.2) is 47.1 Å². The van der Waals surface area contributed by atoms with Gasteiger partial charge in [-0.1, -0.05) is 12.1 Å². The van der Waals surface area contributed by atoms with E-state index in [1.165, 1.54) is 19.2 Å². The molecule has 0 unspecified atom stereocenters. The first-order valence-corrected chi connectivity index (χ1v) is 7.26. The van der Waals surface area contributed by atoms with E-state index in [4.69, 9.17) is 9.15 Å². The summed E-state index contributed by atoms with van der Waals surface area (Å²) in [7, 11) is 1.28. The molecule has 2 aromatic rings. The molecule has 0 aliphatic rings. The van der Waals surface area contributed by atoms with Gasteiger partial charge in [0.2, 0.25) is 5.91 Å². The van der Waals surface area contributed by atoms with E-state index in [9.17, 15) is 14.7 Å². The molecule has 1 heterocycles. The molecule has 6 nitrogen and oxygen atoms in total. The van der Waals surface area contributed by atoms with Crippen LogP contribution in [-0.2, 0) is 27.2 Å². The van der Waals surface area contributed by atoms with E-state index in [1.807, 2.05) is 0 Å². The van der Waals surface area contributed by atoms with Crippen molar-refractivity contribution in [3.63, 3.8) is 0 Å². The first kappa shape index (κ1) is 16.6. The van der Waals surface area contributed by atoms with Gasteiger partial charge < -0.3 is 19.6 Å². The number of esters is 1. The van der Waals surface area contributed by atoms with E-state index < -0.39 is 12.0 Å². The number of hydrogen-bond donors (Lipinski definition) is 2. The Morgan fingerprint density at radius 1 is 1.26 bits per heavy atom. The summed E-state index contributed by atoms with van der Waals surface area (Å²) >= 11 is 0. The lowest BCUT2D eigenvalue weighted by Crippen LogP contribution is -2.43. The first-order valence-electron chi connectivity index (χ1n) is 7.26. The average molecular weight is 317 g/mol. The van der Waals surface area contributed by atoms with Crippen LogP contribution in [0, 0.1) is 0 Å². The van der Waals surface area contributed by atoms with Crippen LogP contribution in [0.3, 0.4) is 0 Å². The summed E-state index contributed by atoms with van der Waals surface area (Å²) in [6, 6.07) is 9.23. The van der Waals surface area contributed by atoms with Crippen LogP contribution < -0.4 is 5.32 Å². The number of benzene rings is 1. The lowest BCUT2D eigenvalue weighted by Gasteiger charge is -2.16. The lowest BCUT2D eigenvalue weighted by atomic mass is 10.1. The molecule has 0 saturated carbocycles. The number of aryl methyl sites for hydroxylation is 1. The molecule has 0 fully saturated rings. The largest absolute Gasteiger partial charge is 0.508 e. The maximum Gasteiger partial charge on any atom is 0.328 e. The second-order valence-corrected chi connectivity index (χ2v) is 5.09. The topological polar surface area (TPSA) is 88.8 Å². The van der Waals surface area contributed by atoms with E-state index in [0.717, 1.165) is 5.56 Å². The highest BCUT2D eigenvalue weighted by molar-refractivity contribution is 5.84. The van der Waals surface area contributed by atoms with Crippen molar-refractivity contribution in [2.75, 3.05) is 7.11 Å². The first-order chi connectivity index (χ1) is 11.1. The number of methoxy groups -OCH3 is 1. The fourth-order valence-electron chi connectivity index (χ4n) is 2.16. The summed E-state index contributed by atoms with van der Waals surface area (Å²) in [5.41, 5.74) is 0.810. The predicted octanol–water partition coefficient (Wildman–Crippen LogP) is 1.82. The molecule has 0 saturated heterocycles. The highest BCUT2D eigenvalue weighted by Gasteiger charge is 2.22. The Morgan fingerprint density at radius 3 is 2.61 bits per heavy atom. The van der Waals surface area contributed by atoms with Crippen LogP contribution in [-0.4, -0.2) is 30.1 Å². The van der Waals surface area contributed by atoms with E-state index >= 15 is 0 Å². The van der Waals surface area contributed by atoms with Gasteiger partial charge in [0, 0.05) is 19.3 Å². The van der Waals surface area contributed by atoms with Crippen molar-refractivity contribution < 1.29 is 23.8 Å².